The average molecular weight is 1150 g/mol. The molecule has 8 aromatic rings. The van der Waals surface area contributed by atoms with Crippen molar-refractivity contribution < 1.29 is 19.2 Å². The van der Waals surface area contributed by atoms with E-state index in [0.717, 1.165) is 93.7 Å². The molecule has 0 spiro atoms. The van der Waals surface area contributed by atoms with Gasteiger partial charge in [-0.25, -0.2) is 4.39 Å². The number of non-ortho nitro benzene ring substituents is 3. The molecule has 0 aromatic heterocycles. The molecular weight excluding hydrogens is 1080 g/mol. The lowest BCUT2D eigenvalue weighted by Crippen LogP contribution is -2.02. The van der Waals surface area contributed by atoms with Crippen molar-refractivity contribution in [3.8, 4) is 0 Å². The summed E-state index contributed by atoms with van der Waals surface area (Å²) in [7, 11) is 0. The second-order valence-electron chi connectivity index (χ2n) is 15.9. The lowest BCUT2D eigenvalue weighted by molar-refractivity contribution is -0.385. The van der Waals surface area contributed by atoms with Crippen LogP contribution in [0, 0.1) is 36.2 Å². The summed E-state index contributed by atoms with van der Waals surface area (Å²) in [5, 5.41) is 44.5. The molecular formula is C56H68Cl4FN11O6. The summed E-state index contributed by atoms with van der Waals surface area (Å²) >= 11 is 0. The third kappa shape index (κ3) is 26.0. The van der Waals surface area contributed by atoms with E-state index in [0.29, 0.717) is 26.2 Å². The average Bonchev–Trinajstić information content (AvgIpc) is 3.41. The fraction of sp³-hybridized carbons (Fsp3) is 0.143. The van der Waals surface area contributed by atoms with Gasteiger partial charge in [-0.2, -0.15) is 0 Å². The van der Waals surface area contributed by atoms with Crippen LogP contribution >= 0.6 is 49.6 Å². The van der Waals surface area contributed by atoms with Crippen LogP contribution in [0.1, 0.15) is 48.2 Å². The summed E-state index contributed by atoms with van der Waals surface area (Å²) in [6, 6.07) is 57.1. The highest BCUT2D eigenvalue weighted by Gasteiger charge is 2.06. The molecule has 8 rings (SSSR count). The molecule has 17 nitrogen and oxygen atoms in total. The Morgan fingerprint density at radius 3 is 0.731 bits per heavy atom. The summed E-state index contributed by atoms with van der Waals surface area (Å²) in [5.41, 5.74) is 34.5. The molecule has 8 aromatic carbocycles. The Morgan fingerprint density at radius 2 is 0.526 bits per heavy atom. The van der Waals surface area contributed by atoms with Gasteiger partial charge in [0, 0.05) is 110 Å². The molecule has 0 atom stereocenters. The zero-order valence-electron chi connectivity index (χ0n) is 40.8. The molecule has 0 heterocycles. The third-order valence-corrected chi connectivity index (χ3v) is 10.5. The molecule has 0 aliphatic rings. The Labute approximate surface area is 479 Å². The first-order valence-electron chi connectivity index (χ1n) is 22.5. The van der Waals surface area contributed by atoms with E-state index >= 15 is 0 Å². The van der Waals surface area contributed by atoms with Gasteiger partial charge in [-0.3, -0.25) is 30.3 Å². The number of hydrogen-bond acceptors (Lipinski definition) is 14. The maximum Gasteiger partial charge on any atom is 0.269 e. The number of nitro groups is 3. The van der Waals surface area contributed by atoms with Gasteiger partial charge < -0.3 is 44.2 Å². The topological polar surface area (TPSA) is 282 Å². The summed E-state index contributed by atoms with van der Waals surface area (Å²) in [5.74, 6) is -0.467. The van der Waals surface area contributed by atoms with Crippen LogP contribution in [0.5, 0.6) is 0 Å². The normalized spacial score (nSPS) is 9.32. The Morgan fingerprint density at radius 1 is 0.333 bits per heavy atom. The molecule has 78 heavy (non-hydrogen) atoms. The van der Waals surface area contributed by atoms with Gasteiger partial charge in [0.2, 0.25) is 0 Å². The minimum absolute atomic E-state index is 0. The summed E-state index contributed by atoms with van der Waals surface area (Å²) in [4.78, 5) is 29.9. The fourth-order valence-electron chi connectivity index (χ4n) is 6.34. The van der Waals surface area contributed by atoms with E-state index in [4.69, 9.17) is 22.9 Å². The molecule has 0 radical (unpaired) electrons. The van der Waals surface area contributed by atoms with Gasteiger partial charge in [-0.1, -0.05) is 87.6 Å². The van der Waals surface area contributed by atoms with Crippen LogP contribution < -0.4 is 44.2 Å². The summed E-state index contributed by atoms with van der Waals surface area (Å²) < 4.78 is 12.1. The number of nitro benzene ring substituents is 3. The maximum atomic E-state index is 12.1. The predicted octanol–water partition coefficient (Wildman–Crippen LogP) is 14.1. The number of halogens is 5. The number of benzene rings is 8. The Balaban J connectivity index is 0. The molecule has 22 heteroatoms. The number of nitrogens with one attached hydrogen (secondary N) is 4. The van der Waals surface area contributed by atoms with E-state index in [1.54, 1.807) is 24.3 Å². The quantitative estimate of drug-likeness (QED) is 0.0239. The highest BCUT2D eigenvalue weighted by Crippen LogP contribution is 2.20. The second kappa shape index (κ2) is 38.3. The van der Waals surface area contributed by atoms with Crippen molar-refractivity contribution >= 4 is 101 Å². The standard InChI is InChI=1S/C20H18N4O4.C20H22N4.C8H12N2.C6H4FNO2.2CH4.4ClH/c25-23(26)19-9-5-17(6-10-19)21-13-15-1-2-16(4-3-15)14-22-18-7-11-20(12-8-18)24(27)28;21-17-5-9-19(10-6-17)23-13-15-1-2-16(4-3-15)14-24-20-11-7-18(22)8-12-20;9-5-7-1-2-8(6-10)4-3-7;7-5-1-3-6(4-2-5)8(9)10;;;;;;/h1-12,21-22H,13-14H2;1-12,23-24H,13-14,21-22H2;1-4H,5-6,9-10H2;1-4H;2*1H4;4*1H. The number of nitrogens with zero attached hydrogens (tertiary/aromatic N) is 3. The monoisotopic (exact) mass is 1150 g/mol. The third-order valence-electron chi connectivity index (χ3n) is 10.5. The molecule has 418 valence electrons. The van der Waals surface area contributed by atoms with Gasteiger partial charge in [-0.15, -0.1) is 49.6 Å². The Kier molecular flexibility index (Phi) is 35.3. The Bertz CT molecular complexity index is 2750. The molecule has 0 aliphatic heterocycles. The van der Waals surface area contributed by atoms with Crippen molar-refractivity contribution in [3.63, 3.8) is 0 Å². The molecule has 0 saturated carbocycles. The van der Waals surface area contributed by atoms with Crippen molar-refractivity contribution in [2.24, 2.45) is 11.5 Å². The first kappa shape index (κ1) is 71.8. The minimum Gasteiger partial charge on any atom is -0.399 e. The van der Waals surface area contributed by atoms with Crippen molar-refractivity contribution in [1.29, 1.82) is 0 Å². The van der Waals surface area contributed by atoms with E-state index in [2.05, 4.69) is 45.5 Å². The Hall–Kier alpha value is -8.23. The lowest BCUT2D eigenvalue weighted by Gasteiger charge is -2.09. The highest BCUT2D eigenvalue weighted by molar-refractivity contribution is 5.86. The zero-order chi connectivity index (χ0) is 51.7. The minimum atomic E-state index is -0.570. The van der Waals surface area contributed by atoms with E-state index in [1.165, 1.54) is 35.4 Å². The summed E-state index contributed by atoms with van der Waals surface area (Å²) in [6.45, 7) is 3.99. The second-order valence-corrected chi connectivity index (χ2v) is 15.9. The van der Waals surface area contributed by atoms with Gasteiger partial charge >= 0.3 is 0 Å². The van der Waals surface area contributed by atoms with E-state index < -0.39 is 20.6 Å². The van der Waals surface area contributed by atoms with Gasteiger partial charge in [0.1, 0.15) is 5.82 Å². The first-order valence-corrected chi connectivity index (χ1v) is 22.5. The van der Waals surface area contributed by atoms with Crippen LogP contribution in [-0.4, -0.2) is 14.8 Å². The van der Waals surface area contributed by atoms with E-state index in [-0.39, 0.29) is 81.5 Å². The molecule has 0 amide bonds. The van der Waals surface area contributed by atoms with Crippen LogP contribution in [-0.2, 0) is 39.3 Å². The molecule has 12 N–H and O–H groups in total. The zero-order valence-corrected chi connectivity index (χ0v) is 44.1. The fourth-order valence-corrected chi connectivity index (χ4v) is 6.34. The predicted molar refractivity (Wildman–Crippen MR) is 328 cm³/mol. The lowest BCUT2D eigenvalue weighted by atomic mass is 10.1. The van der Waals surface area contributed by atoms with Crippen LogP contribution in [0.2, 0.25) is 0 Å². The van der Waals surface area contributed by atoms with Crippen molar-refractivity contribution in [2.75, 3.05) is 32.7 Å². The molecule has 0 fully saturated rings. The first-order chi connectivity index (χ1) is 34.8. The highest BCUT2D eigenvalue weighted by atomic mass is 35.5. The van der Waals surface area contributed by atoms with Crippen molar-refractivity contribution in [3.05, 3.63) is 264 Å². The van der Waals surface area contributed by atoms with Crippen LogP contribution in [0.3, 0.4) is 0 Å². The van der Waals surface area contributed by atoms with Gasteiger partial charge in [0.15, 0.2) is 0 Å². The number of hydrogen-bond donors (Lipinski definition) is 8. The molecule has 0 unspecified atom stereocenters. The van der Waals surface area contributed by atoms with Crippen molar-refractivity contribution in [2.45, 2.75) is 54.1 Å². The van der Waals surface area contributed by atoms with Crippen LogP contribution in [0.4, 0.5) is 55.6 Å². The van der Waals surface area contributed by atoms with Crippen LogP contribution in [0.15, 0.2) is 194 Å². The maximum absolute atomic E-state index is 12.1. The number of anilines is 6. The van der Waals surface area contributed by atoms with Gasteiger partial charge in [-0.05, 0) is 118 Å². The largest absolute Gasteiger partial charge is 0.399 e. The smallest absolute Gasteiger partial charge is 0.269 e. The van der Waals surface area contributed by atoms with Crippen LogP contribution in [0.25, 0.3) is 0 Å². The molecule has 0 aliphatic carbocycles. The summed E-state index contributed by atoms with van der Waals surface area (Å²) in [6.07, 6.45) is 0. The van der Waals surface area contributed by atoms with E-state index in [1.807, 2.05) is 97.1 Å². The number of nitrogen functional groups attached to an aromatic ring is 2. The SMILES string of the molecule is C.C.Cl.Cl.Cl.Cl.NCc1ccc(CN)cc1.Nc1ccc(NCc2ccc(CNc3ccc(N)cc3)cc2)cc1.O=[N+]([O-])c1ccc(F)cc1.O=[N+]([O-])c1ccc(NCc2ccc(CNc3ccc([N+](=O)[O-])cc3)cc2)cc1. The van der Waals surface area contributed by atoms with Gasteiger partial charge in [0.25, 0.3) is 17.1 Å². The van der Waals surface area contributed by atoms with Gasteiger partial charge in [0.05, 0.1) is 14.8 Å². The number of nitrogens with two attached hydrogens (primary N) is 4. The molecule has 0 saturated heterocycles. The van der Waals surface area contributed by atoms with Crippen molar-refractivity contribution in [1.82, 2.24) is 0 Å². The molecule has 0 bridgehead atoms. The van der Waals surface area contributed by atoms with E-state index in [9.17, 15) is 34.7 Å². The number of rotatable bonds is 17.